The van der Waals surface area contributed by atoms with Gasteiger partial charge in [0, 0.05) is 25.3 Å². The molecule has 1 saturated heterocycles. The van der Waals surface area contributed by atoms with Crippen LogP contribution < -0.4 is 5.32 Å². The fraction of sp³-hybridized carbons (Fsp3) is 0.857. The van der Waals surface area contributed by atoms with Crippen LogP contribution >= 0.6 is 0 Å². The van der Waals surface area contributed by atoms with Gasteiger partial charge in [-0.3, -0.25) is 4.79 Å². The summed E-state index contributed by atoms with van der Waals surface area (Å²) in [6.07, 6.45) is 4.61. The number of hydrogen-bond donors (Lipinski definition) is 2. The maximum absolute atomic E-state index is 11.9. The van der Waals surface area contributed by atoms with Crippen LogP contribution in [0.4, 0.5) is 0 Å². The van der Waals surface area contributed by atoms with Gasteiger partial charge in [-0.05, 0) is 32.7 Å². The maximum Gasteiger partial charge on any atom is 0.326 e. The van der Waals surface area contributed by atoms with E-state index in [1.165, 1.54) is 6.42 Å². The van der Waals surface area contributed by atoms with Gasteiger partial charge in [0.15, 0.2) is 0 Å². The second kappa shape index (κ2) is 8.47. The van der Waals surface area contributed by atoms with Crippen molar-refractivity contribution in [3.05, 3.63) is 0 Å². The predicted octanol–water partition coefficient (Wildman–Crippen LogP) is 0.255. The molecule has 0 spiro atoms. The lowest BCUT2D eigenvalue weighted by molar-refractivity contribution is -0.141. The number of hydrogen-bond acceptors (Lipinski definition) is 5. The summed E-state index contributed by atoms with van der Waals surface area (Å²) in [5.41, 5.74) is 0. The third kappa shape index (κ3) is 7.22. The van der Waals surface area contributed by atoms with Gasteiger partial charge in [0.05, 0.1) is 5.75 Å². The standard InChI is InChI=1S/C14H26N2O5S/c1-11-5-3-4-8-16(11)9-6-13(17)15-12(14(18)19)7-10-22(2,20)21/h11-12H,3-10H2,1-2H3,(H,15,17)(H,18,19). The van der Waals surface area contributed by atoms with Crippen LogP contribution in [0.2, 0.25) is 0 Å². The van der Waals surface area contributed by atoms with Gasteiger partial charge in [-0.2, -0.15) is 0 Å². The average Bonchev–Trinajstić information content (AvgIpc) is 2.41. The fourth-order valence-electron chi connectivity index (χ4n) is 2.59. The Bertz CT molecular complexity index is 491. The van der Waals surface area contributed by atoms with Crippen molar-refractivity contribution >= 4 is 21.7 Å². The molecule has 1 fully saturated rings. The SMILES string of the molecule is CC1CCCCN1CCC(=O)NC(CCS(C)(=O)=O)C(=O)O. The topological polar surface area (TPSA) is 104 Å². The van der Waals surface area contributed by atoms with Crippen LogP contribution in [0, 0.1) is 0 Å². The molecule has 2 atom stereocenters. The second-order valence-electron chi connectivity index (χ2n) is 6.01. The number of piperidine rings is 1. The molecule has 7 nitrogen and oxygen atoms in total. The van der Waals surface area contributed by atoms with Crippen molar-refractivity contribution in [1.29, 1.82) is 0 Å². The van der Waals surface area contributed by atoms with Gasteiger partial charge >= 0.3 is 5.97 Å². The van der Waals surface area contributed by atoms with Gasteiger partial charge < -0.3 is 15.3 Å². The second-order valence-corrected chi connectivity index (χ2v) is 8.27. The Hall–Kier alpha value is -1.15. The van der Waals surface area contributed by atoms with Crippen LogP contribution in [0.3, 0.4) is 0 Å². The van der Waals surface area contributed by atoms with Gasteiger partial charge in [-0.15, -0.1) is 0 Å². The highest BCUT2D eigenvalue weighted by molar-refractivity contribution is 7.90. The molecular weight excluding hydrogens is 308 g/mol. The van der Waals surface area contributed by atoms with Crippen LogP contribution in [0.25, 0.3) is 0 Å². The van der Waals surface area contributed by atoms with Crippen molar-refractivity contribution in [3.8, 4) is 0 Å². The molecule has 1 aliphatic rings. The zero-order valence-corrected chi connectivity index (χ0v) is 14.1. The smallest absolute Gasteiger partial charge is 0.326 e. The minimum Gasteiger partial charge on any atom is -0.480 e. The van der Waals surface area contributed by atoms with Crippen molar-refractivity contribution in [2.75, 3.05) is 25.1 Å². The first kappa shape index (κ1) is 18.9. The first-order valence-corrected chi connectivity index (χ1v) is 9.69. The number of carboxylic acids is 1. The molecule has 128 valence electrons. The van der Waals surface area contributed by atoms with E-state index in [2.05, 4.69) is 17.1 Å². The number of nitrogens with zero attached hydrogens (tertiary/aromatic N) is 1. The van der Waals surface area contributed by atoms with Gasteiger partial charge in [-0.25, -0.2) is 13.2 Å². The molecule has 22 heavy (non-hydrogen) atoms. The summed E-state index contributed by atoms with van der Waals surface area (Å²) in [5, 5.41) is 11.5. The van der Waals surface area contributed by atoms with Crippen LogP contribution in [0.1, 0.15) is 39.0 Å². The fourth-order valence-corrected chi connectivity index (χ4v) is 3.25. The number of amides is 1. The maximum atomic E-state index is 11.9. The van der Waals surface area contributed by atoms with E-state index >= 15 is 0 Å². The monoisotopic (exact) mass is 334 g/mol. The molecule has 0 radical (unpaired) electrons. The van der Waals surface area contributed by atoms with Crippen LogP contribution in [-0.4, -0.2) is 67.5 Å². The summed E-state index contributed by atoms with van der Waals surface area (Å²) < 4.78 is 22.2. The van der Waals surface area contributed by atoms with Crippen molar-refractivity contribution in [1.82, 2.24) is 10.2 Å². The van der Waals surface area contributed by atoms with E-state index < -0.39 is 21.8 Å². The minimum atomic E-state index is -3.25. The summed E-state index contributed by atoms with van der Waals surface area (Å²) in [4.78, 5) is 25.2. The first-order chi connectivity index (χ1) is 10.2. The third-order valence-corrected chi connectivity index (χ3v) is 4.95. The van der Waals surface area contributed by atoms with Crippen LogP contribution in [-0.2, 0) is 19.4 Å². The number of aliphatic carboxylic acids is 1. The summed E-state index contributed by atoms with van der Waals surface area (Å²) in [6.45, 7) is 3.69. The summed E-state index contributed by atoms with van der Waals surface area (Å²) in [5.74, 6) is -1.81. The van der Waals surface area contributed by atoms with E-state index in [0.717, 1.165) is 25.6 Å². The van der Waals surface area contributed by atoms with E-state index in [0.29, 0.717) is 12.6 Å². The quantitative estimate of drug-likeness (QED) is 0.660. The van der Waals surface area contributed by atoms with Crippen LogP contribution in [0.15, 0.2) is 0 Å². The van der Waals surface area contributed by atoms with Crippen LogP contribution in [0.5, 0.6) is 0 Å². The predicted molar refractivity (Wildman–Crippen MR) is 83.4 cm³/mol. The number of carbonyl (C=O) groups is 2. The molecule has 8 heteroatoms. The number of carbonyl (C=O) groups excluding carboxylic acids is 1. The lowest BCUT2D eigenvalue weighted by Crippen LogP contribution is -2.44. The van der Waals surface area contributed by atoms with E-state index in [1.54, 1.807) is 0 Å². The summed E-state index contributed by atoms with van der Waals surface area (Å²) >= 11 is 0. The van der Waals surface area contributed by atoms with Gasteiger partial charge in [0.2, 0.25) is 5.91 Å². The summed E-state index contributed by atoms with van der Waals surface area (Å²) in [7, 11) is -3.25. The highest BCUT2D eigenvalue weighted by Gasteiger charge is 2.23. The molecule has 2 unspecified atom stereocenters. The number of nitrogens with one attached hydrogen (secondary N) is 1. The molecule has 1 heterocycles. The highest BCUT2D eigenvalue weighted by atomic mass is 32.2. The number of likely N-dealkylation sites (tertiary alicyclic amines) is 1. The lowest BCUT2D eigenvalue weighted by atomic mass is 10.0. The zero-order chi connectivity index (χ0) is 16.8. The zero-order valence-electron chi connectivity index (χ0n) is 13.2. The molecule has 2 N–H and O–H groups in total. The van der Waals surface area contributed by atoms with E-state index in [4.69, 9.17) is 5.11 Å². The average molecular weight is 334 g/mol. The Morgan fingerprint density at radius 2 is 2.05 bits per heavy atom. The Morgan fingerprint density at radius 1 is 1.36 bits per heavy atom. The largest absolute Gasteiger partial charge is 0.480 e. The third-order valence-electron chi connectivity index (χ3n) is 3.98. The Kier molecular flexibility index (Phi) is 7.28. The van der Waals surface area contributed by atoms with E-state index in [-0.39, 0.29) is 24.5 Å². The minimum absolute atomic E-state index is 0.111. The normalized spacial score (nSPS) is 21.3. The van der Waals surface area contributed by atoms with Crippen molar-refractivity contribution in [2.45, 2.75) is 51.1 Å². The lowest BCUT2D eigenvalue weighted by Gasteiger charge is -2.33. The van der Waals surface area contributed by atoms with E-state index in [9.17, 15) is 18.0 Å². The Labute approximate surface area is 132 Å². The molecule has 1 rings (SSSR count). The molecule has 1 amide bonds. The molecule has 0 saturated carbocycles. The van der Waals surface area contributed by atoms with Gasteiger partial charge in [0.25, 0.3) is 0 Å². The number of carboxylic acid groups (broad SMARTS) is 1. The molecule has 1 aliphatic heterocycles. The Morgan fingerprint density at radius 3 is 2.59 bits per heavy atom. The van der Waals surface area contributed by atoms with Gasteiger partial charge in [0.1, 0.15) is 15.9 Å². The van der Waals surface area contributed by atoms with Crippen molar-refractivity contribution in [3.63, 3.8) is 0 Å². The highest BCUT2D eigenvalue weighted by Crippen LogP contribution is 2.16. The molecule has 0 aromatic rings. The number of sulfone groups is 1. The summed E-state index contributed by atoms with van der Waals surface area (Å²) in [6, 6.07) is -0.706. The van der Waals surface area contributed by atoms with Crippen molar-refractivity contribution in [2.24, 2.45) is 0 Å². The number of rotatable bonds is 8. The molecule has 0 aliphatic carbocycles. The molecule has 0 aromatic heterocycles. The van der Waals surface area contributed by atoms with Crippen molar-refractivity contribution < 1.29 is 23.1 Å². The molecular formula is C14H26N2O5S. The molecule has 0 bridgehead atoms. The first-order valence-electron chi connectivity index (χ1n) is 7.63. The molecule has 0 aromatic carbocycles. The Balaban J connectivity index is 2.41. The van der Waals surface area contributed by atoms with E-state index in [1.807, 2.05) is 0 Å². The van der Waals surface area contributed by atoms with Gasteiger partial charge in [-0.1, -0.05) is 6.42 Å².